The highest BCUT2D eigenvalue weighted by atomic mass is 32.1. The Morgan fingerprint density at radius 1 is 1.47 bits per heavy atom. The molecule has 0 fully saturated rings. The maximum absolute atomic E-state index is 10.5. The van der Waals surface area contributed by atoms with Crippen molar-refractivity contribution in [2.24, 2.45) is 5.73 Å². The van der Waals surface area contributed by atoms with Crippen molar-refractivity contribution in [3.05, 3.63) is 49.9 Å². The number of furan rings is 1. The van der Waals surface area contributed by atoms with Gasteiger partial charge in [0.15, 0.2) is 0 Å². The molecule has 17 heavy (non-hydrogen) atoms. The molecular formula is C11H12N2O3S. The maximum atomic E-state index is 10.5. The zero-order valence-electron chi connectivity index (χ0n) is 9.25. The summed E-state index contributed by atoms with van der Waals surface area (Å²) in [5.41, 5.74) is 5.99. The minimum Gasteiger partial charge on any atom is -0.404 e. The van der Waals surface area contributed by atoms with Crippen LogP contribution in [0.4, 0.5) is 5.88 Å². The van der Waals surface area contributed by atoms with Crippen molar-refractivity contribution in [2.75, 3.05) is 0 Å². The van der Waals surface area contributed by atoms with Crippen LogP contribution >= 0.6 is 11.3 Å². The van der Waals surface area contributed by atoms with Crippen LogP contribution in [0.5, 0.6) is 0 Å². The monoisotopic (exact) mass is 252 g/mol. The van der Waals surface area contributed by atoms with Gasteiger partial charge < -0.3 is 10.2 Å². The highest BCUT2D eigenvalue weighted by Crippen LogP contribution is 2.29. The minimum atomic E-state index is -0.567. The molecule has 2 aromatic heterocycles. The lowest BCUT2D eigenvalue weighted by Gasteiger charge is -2.04. The normalized spacial score (nSPS) is 12.6. The number of nitro groups is 1. The van der Waals surface area contributed by atoms with Gasteiger partial charge in [-0.3, -0.25) is 10.1 Å². The molecule has 0 saturated heterocycles. The number of thiophene rings is 1. The van der Waals surface area contributed by atoms with Crippen molar-refractivity contribution >= 4 is 17.2 Å². The third-order valence-corrected chi connectivity index (χ3v) is 3.75. The van der Waals surface area contributed by atoms with Crippen molar-refractivity contribution in [3.63, 3.8) is 0 Å². The van der Waals surface area contributed by atoms with E-state index in [1.165, 1.54) is 10.9 Å². The average molecular weight is 252 g/mol. The molecule has 0 aliphatic carbocycles. The lowest BCUT2D eigenvalue weighted by Crippen LogP contribution is -2.08. The Labute approximate surface area is 102 Å². The third kappa shape index (κ3) is 2.37. The summed E-state index contributed by atoms with van der Waals surface area (Å²) in [6.45, 7) is 2.07. The van der Waals surface area contributed by atoms with Crippen LogP contribution in [0.15, 0.2) is 28.7 Å². The Balaban J connectivity index is 2.23. The summed E-state index contributed by atoms with van der Waals surface area (Å²) in [4.78, 5) is 12.1. The quantitative estimate of drug-likeness (QED) is 0.670. The van der Waals surface area contributed by atoms with E-state index in [2.05, 4.69) is 6.92 Å². The number of rotatable bonds is 4. The zero-order chi connectivity index (χ0) is 12.4. The van der Waals surface area contributed by atoms with Crippen LogP contribution in [0.2, 0.25) is 0 Å². The van der Waals surface area contributed by atoms with E-state index in [1.807, 2.05) is 12.1 Å². The largest absolute Gasteiger partial charge is 0.433 e. The molecule has 2 heterocycles. The average Bonchev–Trinajstić information content (AvgIpc) is 2.97. The fourth-order valence-electron chi connectivity index (χ4n) is 1.50. The molecule has 0 aromatic carbocycles. The molecule has 1 atom stereocenters. The van der Waals surface area contributed by atoms with E-state index < -0.39 is 11.0 Å². The summed E-state index contributed by atoms with van der Waals surface area (Å²) >= 11 is 1.60. The highest BCUT2D eigenvalue weighted by molar-refractivity contribution is 7.12. The SMILES string of the molecule is CCc1ccc(C(N)c2ccc([N+](=O)[O-])o2)s1. The Morgan fingerprint density at radius 2 is 2.24 bits per heavy atom. The first-order valence-electron chi connectivity index (χ1n) is 5.20. The third-order valence-electron chi connectivity index (χ3n) is 2.44. The molecule has 2 N–H and O–H groups in total. The van der Waals surface area contributed by atoms with Crippen molar-refractivity contribution in [1.29, 1.82) is 0 Å². The molecule has 0 saturated carbocycles. The van der Waals surface area contributed by atoms with E-state index in [0.717, 1.165) is 11.3 Å². The first kappa shape index (κ1) is 11.8. The van der Waals surface area contributed by atoms with Gasteiger partial charge in [-0.1, -0.05) is 6.92 Å². The second-order valence-corrected chi connectivity index (χ2v) is 4.77. The smallest absolute Gasteiger partial charge is 0.404 e. The van der Waals surface area contributed by atoms with Crippen molar-refractivity contribution < 1.29 is 9.34 Å². The van der Waals surface area contributed by atoms with E-state index in [9.17, 15) is 10.1 Å². The van der Waals surface area contributed by atoms with Gasteiger partial charge in [0.1, 0.15) is 10.7 Å². The zero-order valence-corrected chi connectivity index (χ0v) is 10.1. The van der Waals surface area contributed by atoms with Crippen LogP contribution in [0.3, 0.4) is 0 Å². The van der Waals surface area contributed by atoms with E-state index in [1.54, 1.807) is 17.4 Å². The summed E-state index contributed by atoms with van der Waals surface area (Å²) in [6.07, 6.45) is 0.954. The molecule has 1 unspecified atom stereocenters. The predicted molar refractivity (Wildman–Crippen MR) is 65.1 cm³/mol. The van der Waals surface area contributed by atoms with Gasteiger partial charge in [-0.05, 0) is 24.6 Å². The summed E-state index contributed by atoms with van der Waals surface area (Å²) in [6, 6.07) is 6.38. The molecule has 0 bridgehead atoms. The Morgan fingerprint density at radius 3 is 2.76 bits per heavy atom. The molecule has 0 radical (unpaired) electrons. The van der Waals surface area contributed by atoms with Crippen molar-refractivity contribution in [2.45, 2.75) is 19.4 Å². The second-order valence-electron chi connectivity index (χ2n) is 3.57. The van der Waals surface area contributed by atoms with E-state index in [-0.39, 0.29) is 5.88 Å². The lowest BCUT2D eigenvalue weighted by molar-refractivity contribution is -0.402. The molecule has 5 nitrogen and oxygen atoms in total. The fourth-order valence-corrected chi connectivity index (χ4v) is 2.46. The number of hydrogen-bond acceptors (Lipinski definition) is 5. The van der Waals surface area contributed by atoms with Gasteiger partial charge >= 0.3 is 5.88 Å². The van der Waals surface area contributed by atoms with Crippen molar-refractivity contribution in [1.82, 2.24) is 0 Å². The first-order chi connectivity index (χ1) is 8.11. The van der Waals surface area contributed by atoms with Gasteiger partial charge in [0.2, 0.25) is 0 Å². The molecule has 90 valence electrons. The molecule has 2 rings (SSSR count). The van der Waals surface area contributed by atoms with Crippen LogP contribution in [0.1, 0.15) is 28.5 Å². The fraction of sp³-hybridized carbons (Fsp3) is 0.273. The topological polar surface area (TPSA) is 82.3 Å². The van der Waals surface area contributed by atoms with Gasteiger partial charge in [0.05, 0.1) is 12.1 Å². The lowest BCUT2D eigenvalue weighted by atomic mass is 10.2. The molecule has 0 amide bonds. The van der Waals surface area contributed by atoms with Crippen LogP contribution in [0.25, 0.3) is 0 Å². The summed E-state index contributed by atoms with van der Waals surface area (Å²) < 4.78 is 5.09. The van der Waals surface area contributed by atoms with E-state index in [4.69, 9.17) is 10.2 Å². The molecule has 0 aliphatic rings. The van der Waals surface area contributed by atoms with Crippen LogP contribution in [0, 0.1) is 10.1 Å². The first-order valence-corrected chi connectivity index (χ1v) is 6.01. The van der Waals surface area contributed by atoms with Crippen LogP contribution in [-0.4, -0.2) is 4.92 Å². The Bertz CT molecular complexity index is 532. The molecule has 2 aromatic rings. The van der Waals surface area contributed by atoms with Crippen molar-refractivity contribution in [3.8, 4) is 0 Å². The number of nitrogens with zero attached hydrogens (tertiary/aromatic N) is 1. The summed E-state index contributed by atoms with van der Waals surface area (Å²) in [5, 5.41) is 10.5. The van der Waals surface area contributed by atoms with Gasteiger partial charge in [-0.25, -0.2) is 0 Å². The molecule has 0 aliphatic heterocycles. The standard InChI is InChI=1S/C11H12N2O3S/c1-2-7-3-5-9(17-7)11(12)8-4-6-10(16-8)13(14)15/h3-6,11H,2,12H2,1H3. The summed E-state index contributed by atoms with van der Waals surface area (Å²) in [5.74, 6) is 0.143. The number of aryl methyl sites for hydroxylation is 1. The van der Waals surface area contributed by atoms with E-state index >= 15 is 0 Å². The van der Waals surface area contributed by atoms with Gasteiger partial charge in [0.25, 0.3) is 0 Å². The Kier molecular flexibility index (Phi) is 3.26. The molecule has 6 heteroatoms. The minimum absolute atomic E-state index is 0.275. The molecule has 0 spiro atoms. The highest BCUT2D eigenvalue weighted by Gasteiger charge is 2.19. The summed E-state index contributed by atoms with van der Waals surface area (Å²) in [7, 11) is 0. The van der Waals surface area contributed by atoms with Crippen LogP contribution in [-0.2, 0) is 6.42 Å². The van der Waals surface area contributed by atoms with Gasteiger partial charge in [-0.2, -0.15) is 0 Å². The van der Waals surface area contributed by atoms with E-state index in [0.29, 0.717) is 5.76 Å². The predicted octanol–water partition coefficient (Wildman–Crippen LogP) is 2.86. The maximum Gasteiger partial charge on any atom is 0.433 e. The van der Waals surface area contributed by atoms with Gasteiger partial charge in [0, 0.05) is 9.75 Å². The second kappa shape index (κ2) is 4.68. The number of hydrogen-bond donors (Lipinski definition) is 1. The number of nitrogens with two attached hydrogens (primary N) is 1. The Hall–Kier alpha value is -1.66. The molecular weight excluding hydrogens is 240 g/mol. The van der Waals surface area contributed by atoms with Crippen LogP contribution < -0.4 is 5.73 Å². The van der Waals surface area contributed by atoms with Gasteiger partial charge in [-0.15, -0.1) is 11.3 Å².